The number of benzene rings is 1. The molecule has 9 heteroatoms. The van der Waals surface area contributed by atoms with E-state index in [9.17, 15) is 18.0 Å². The molecular formula is C15H16N2O6S. The molecule has 0 aliphatic carbocycles. The molecule has 1 aromatic heterocycles. The second kappa shape index (κ2) is 7.75. The second-order valence-corrected chi connectivity index (χ2v) is 6.42. The first-order valence-electron chi connectivity index (χ1n) is 6.94. The van der Waals surface area contributed by atoms with E-state index < -0.39 is 21.9 Å². The van der Waals surface area contributed by atoms with E-state index in [4.69, 9.17) is 4.42 Å². The number of ether oxygens (including phenoxy) is 1. The molecule has 0 aliphatic heterocycles. The summed E-state index contributed by atoms with van der Waals surface area (Å²) in [7, 11) is -2.60. The molecule has 1 amide bonds. The summed E-state index contributed by atoms with van der Waals surface area (Å²) < 4.78 is 36.2. The quantitative estimate of drug-likeness (QED) is 0.562. The lowest BCUT2D eigenvalue weighted by Crippen LogP contribution is -2.34. The van der Waals surface area contributed by atoms with Crippen LogP contribution in [0.15, 0.2) is 52.0 Å². The van der Waals surface area contributed by atoms with E-state index in [-0.39, 0.29) is 29.3 Å². The summed E-state index contributed by atoms with van der Waals surface area (Å²) in [6, 6.07) is 8.55. The first kappa shape index (κ1) is 17.7. The van der Waals surface area contributed by atoms with Crippen LogP contribution in [-0.2, 0) is 14.8 Å². The van der Waals surface area contributed by atoms with E-state index in [1.54, 1.807) is 6.07 Å². The van der Waals surface area contributed by atoms with E-state index in [1.165, 1.54) is 43.7 Å². The molecule has 0 fully saturated rings. The molecule has 0 unspecified atom stereocenters. The van der Waals surface area contributed by atoms with E-state index in [0.29, 0.717) is 0 Å². The minimum atomic E-state index is -3.81. The van der Waals surface area contributed by atoms with Gasteiger partial charge in [0.05, 0.1) is 23.8 Å². The van der Waals surface area contributed by atoms with E-state index in [0.717, 1.165) is 0 Å². The number of carbonyl (C=O) groups is 2. The van der Waals surface area contributed by atoms with Gasteiger partial charge in [0.25, 0.3) is 5.91 Å². The van der Waals surface area contributed by atoms with Gasteiger partial charge < -0.3 is 14.5 Å². The van der Waals surface area contributed by atoms with Crippen molar-refractivity contribution in [2.24, 2.45) is 0 Å². The molecule has 2 rings (SSSR count). The van der Waals surface area contributed by atoms with E-state index in [2.05, 4.69) is 14.8 Å². The number of esters is 1. The van der Waals surface area contributed by atoms with Gasteiger partial charge in [-0.25, -0.2) is 17.9 Å². The van der Waals surface area contributed by atoms with Crippen LogP contribution in [0.5, 0.6) is 0 Å². The van der Waals surface area contributed by atoms with Crippen molar-refractivity contribution in [3.05, 3.63) is 54.0 Å². The Hall–Kier alpha value is -2.65. The van der Waals surface area contributed by atoms with Crippen LogP contribution in [0, 0.1) is 0 Å². The number of hydrogen-bond acceptors (Lipinski definition) is 6. The summed E-state index contributed by atoms with van der Waals surface area (Å²) in [6.07, 6.45) is 1.37. The largest absolute Gasteiger partial charge is 0.465 e. The molecule has 1 heterocycles. The van der Waals surface area contributed by atoms with Gasteiger partial charge in [0.2, 0.25) is 10.0 Å². The Labute approximate surface area is 138 Å². The average molecular weight is 352 g/mol. The molecule has 1 aromatic carbocycles. The smallest absolute Gasteiger partial charge is 0.337 e. The van der Waals surface area contributed by atoms with Gasteiger partial charge in [-0.2, -0.15) is 0 Å². The number of hydrogen-bond donors (Lipinski definition) is 2. The van der Waals surface area contributed by atoms with Crippen LogP contribution in [0.25, 0.3) is 0 Å². The number of rotatable bonds is 7. The Bertz CT molecular complexity index is 814. The summed E-state index contributed by atoms with van der Waals surface area (Å²) in [5.41, 5.74) is 0.131. The lowest BCUT2D eigenvalue weighted by molar-refractivity contribution is 0.0600. The number of furan rings is 1. The fourth-order valence-electron chi connectivity index (χ4n) is 1.85. The lowest BCUT2D eigenvalue weighted by Gasteiger charge is -2.08. The van der Waals surface area contributed by atoms with Crippen LogP contribution in [0.3, 0.4) is 0 Å². The molecule has 8 nitrogen and oxygen atoms in total. The molecule has 0 bridgehead atoms. The average Bonchev–Trinajstić information content (AvgIpc) is 3.12. The summed E-state index contributed by atoms with van der Waals surface area (Å²) in [5, 5.41) is 2.51. The van der Waals surface area contributed by atoms with Crippen LogP contribution in [0.1, 0.15) is 20.9 Å². The minimum absolute atomic E-state index is 0.0166. The van der Waals surface area contributed by atoms with Gasteiger partial charge in [0.1, 0.15) is 0 Å². The normalized spacial score (nSPS) is 11.0. The zero-order valence-corrected chi connectivity index (χ0v) is 13.6. The third kappa shape index (κ3) is 4.43. The molecule has 0 spiro atoms. The first-order valence-corrected chi connectivity index (χ1v) is 8.42. The van der Waals surface area contributed by atoms with Gasteiger partial charge >= 0.3 is 5.97 Å². The van der Waals surface area contributed by atoms with Gasteiger partial charge in [-0.05, 0) is 30.3 Å². The number of amides is 1. The Morgan fingerprint density at radius 3 is 2.62 bits per heavy atom. The summed E-state index contributed by atoms with van der Waals surface area (Å²) in [5.74, 6) is -0.923. The standard InChI is InChI=1S/C15H16N2O6S/c1-22-15(19)11-4-2-5-12(10-11)24(20,21)17-8-7-16-14(18)13-6-3-9-23-13/h2-6,9-10,17H,7-8H2,1H3,(H,16,18). The zero-order valence-electron chi connectivity index (χ0n) is 12.8. The summed E-state index contributed by atoms with van der Waals surface area (Å²) in [4.78, 5) is 23.0. The van der Waals surface area contributed by atoms with Crippen molar-refractivity contribution in [2.45, 2.75) is 4.90 Å². The third-order valence-corrected chi connectivity index (χ3v) is 4.47. The number of methoxy groups -OCH3 is 1. The van der Waals surface area contributed by atoms with Gasteiger partial charge in [-0.1, -0.05) is 6.07 Å². The summed E-state index contributed by atoms with van der Waals surface area (Å²) >= 11 is 0. The van der Waals surface area contributed by atoms with Crippen LogP contribution < -0.4 is 10.0 Å². The highest BCUT2D eigenvalue weighted by atomic mass is 32.2. The third-order valence-electron chi connectivity index (χ3n) is 3.01. The van der Waals surface area contributed by atoms with Crippen molar-refractivity contribution in [3.63, 3.8) is 0 Å². The van der Waals surface area contributed by atoms with Gasteiger partial charge in [0, 0.05) is 13.1 Å². The topological polar surface area (TPSA) is 115 Å². The highest BCUT2D eigenvalue weighted by molar-refractivity contribution is 7.89. The van der Waals surface area contributed by atoms with Crippen LogP contribution >= 0.6 is 0 Å². The predicted molar refractivity (Wildman–Crippen MR) is 84.0 cm³/mol. The maximum atomic E-state index is 12.2. The van der Waals surface area contributed by atoms with Crippen LogP contribution in [-0.4, -0.2) is 40.5 Å². The van der Waals surface area contributed by atoms with Crippen molar-refractivity contribution in [1.29, 1.82) is 0 Å². The molecular weight excluding hydrogens is 336 g/mol. The fraction of sp³-hybridized carbons (Fsp3) is 0.200. The van der Waals surface area contributed by atoms with Crippen molar-refractivity contribution < 1.29 is 27.2 Å². The molecule has 2 aromatic rings. The minimum Gasteiger partial charge on any atom is -0.465 e. The highest BCUT2D eigenvalue weighted by Gasteiger charge is 2.16. The molecule has 0 saturated carbocycles. The maximum Gasteiger partial charge on any atom is 0.337 e. The van der Waals surface area contributed by atoms with Crippen molar-refractivity contribution in [3.8, 4) is 0 Å². The molecule has 24 heavy (non-hydrogen) atoms. The summed E-state index contributed by atoms with van der Waals surface area (Å²) in [6.45, 7) is 0.0622. The van der Waals surface area contributed by atoms with Crippen LogP contribution in [0.4, 0.5) is 0 Å². The molecule has 2 N–H and O–H groups in total. The molecule has 0 aliphatic rings. The second-order valence-electron chi connectivity index (χ2n) is 4.65. The van der Waals surface area contributed by atoms with Crippen LogP contribution in [0.2, 0.25) is 0 Å². The molecule has 0 saturated heterocycles. The number of nitrogens with one attached hydrogen (secondary N) is 2. The van der Waals surface area contributed by atoms with Gasteiger partial charge in [-0.15, -0.1) is 0 Å². The van der Waals surface area contributed by atoms with Gasteiger partial charge in [-0.3, -0.25) is 4.79 Å². The number of sulfonamides is 1. The zero-order chi connectivity index (χ0) is 17.6. The molecule has 0 radical (unpaired) electrons. The van der Waals surface area contributed by atoms with Crippen molar-refractivity contribution in [2.75, 3.05) is 20.2 Å². The lowest BCUT2D eigenvalue weighted by atomic mass is 10.2. The Morgan fingerprint density at radius 2 is 1.96 bits per heavy atom. The monoisotopic (exact) mass is 352 g/mol. The molecule has 0 atom stereocenters. The highest BCUT2D eigenvalue weighted by Crippen LogP contribution is 2.12. The molecule has 128 valence electrons. The maximum absolute atomic E-state index is 12.2. The fourth-order valence-corrected chi connectivity index (χ4v) is 2.93. The van der Waals surface area contributed by atoms with E-state index >= 15 is 0 Å². The Balaban J connectivity index is 1.92. The predicted octanol–water partition coefficient (Wildman–Crippen LogP) is 0.774. The Morgan fingerprint density at radius 1 is 1.17 bits per heavy atom. The first-order chi connectivity index (χ1) is 11.4. The van der Waals surface area contributed by atoms with Crippen molar-refractivity contribution in [1.82, 2.24) is 10.0 Å². The number of carbonyl (C=O) groups excluding carboxylic acids is 2. The van der Waals surface area contributed by atoms with E-state index in [1.807, 2.05) is 0 Å². The SMILES string of the molecule is COC(=O)c1cccc(S(=O)(=O)NCCNC(=O)c2ccco2)c1. The Kier molecular flexibility index (Phi) is 5.72. The van der Waals surface area contributed by atoms with Crippen molar-refractivity contribution >= 4 is 21.9 Å². The van der Waals surface area contributed by atoms with Gasteiger partial charge in [0.15, 0.2) is 5.76 Å².